The lowest BCUT2D eigenvalue weighted by Gasteiger charge is -2.35. The average molecular weight is 178 g/mol. The minimum Gasteiger partial charge on any atom is -0.328 e. The molecule has 0 bridgehead atoms. The zero-order valence-electron chi connectivity index (χ0n) is 7.34. The van der Waals surface area contributed by atoms with E-state index < -0.39 is 6.43 Å². The van der Waals surface area contributed by atoms with Gasteiger partial charge in [-0.1, -0.05) is 0 Å². The van der Waals surface area contributed by atoms with Gasteiger partial charge in [0.05, 0.1) is 6.54 Å². The Kier molecular flexibility index (Phi) is 3.40. The molecule has 2 unspecified atom stereocenters. The Morgan fingerprint density at radius 3 is 2.75 bits per heavy atom. The highest BCUT2D eigenvalue weighted by molar-refractivity contribution is 4.80. The van der Waals surface area contributed by atoms with Crippen LogP contribution in [-0.4, -0.2) is 36.5 Å². The third-order valence-electron chi connectivity index (χ3n) is 2.43. The van der Waals surface area contributed by atoms with Crippen molar-refractivity contribution in [2.45, 2.75) is 38.3 Å². The first-order chi connectivity index (χ1) is 5.59. The first-order valence-corrected chi connectivity index (χ1v) is 4.37. The summed E-state index contributed by atoms with van der Waals surface area (Å²) in [6.45, 7) is 2.57. The smallest absolute Gasteiger partial charge is 0.251 e. The molecular formula is C8H16F2N2. The first-order valence-electron chi connectivity index (χ1n) is 4.37. The molecular weight excluding hydrogens is 162 g/mol. The van der Waals surface area contributed by atoms with E-state index >= 15 is 0 Å². The molecule has 1 aliphatic rings. The summed E-state index contributed by atoms with van der Waals surface area (Å²) in [5, 5.41) is 0. The summed E-state index contributed by atoms with van der Waals surface area (Å²) in [7, 11) is 0. The van der Waals surface area contributed by atoms with E-state index in [0.29, 0.717) is 6.54 Å². The molecule has 0 saturated carbocycles. The third kappa shape index (κ3) is 2.68. The Bertz CT molecular complexity index is 141. The molecule has 1 fully saturated rings. The van der Waals surface area contributed by atoms with E-state index in [-0.39, 0.29) is 18.6 Å². The molecule has 1 saturated heterocycles. The SMILES string of the molecule is CC1CC(N)CCN1CC(F)F. The van der Waals surface area contributed by atoms with Crippen LogP contribution in [0, 0.1) is 0 Å². The Balaban J connectivity index is 2.34. The monoisotopic (exact) mass is 178 g/mol. The summed E-state index contributed by atoms with van der Waals surface area (Å²) >= 11 is 0. The predicted octanol–water partition coefficient (Wildman–Crippen LogP) is 1.06. The number of alkyl halides is 2. The molecule has 12 heavy (non-hydrogen) atoms. The van der Waals surface area contributed by atoms with E-state index in [4.69, 9.17) is 5.73 Å². The van der Waals surface area contributed by atoms with Crippen molar-refractivity contribution in [3.8, 4) is 0 Å². The highest BCUT2D eigenvalue weighted by Crippen LogP contribution is 2.16. The van der Waals surface area contributed by atoms with Crippen LogP contribution in [0.3, 0.4) is 0 Å². The van der Waals surface area contributed by atoms with Crippen LogP contribution < -0.4 is 5.73 Å². The van der Waals surface area contributed by atoms with Crippen molar-refractivity contribution in [1.29, 1.82) is 0 Å². The molecule has 0 aromatic carbocycles. The maximum absolute atomic E-state index is 12.0. The second-order valence-corrected chi connectivity index (χ2v) is 3.52. The quantitative estimate of drug-likeness (QED) is 0.685. The highest BCUT2D eigenvalue weighted by Gasteiger charge is 2.24. The van der Waals surface area contributed by atoms with Crippen molar-refractivity contribution < 1.29 is 8.78 Å². The fourth-order valence-corrected chi connectivity index (χ4v) is 1.71. The van der Waals surface area contributed by atoms with Crippen molar-refractivity contribution in [2.24, 2.45) is 5.73 Å². The Morgan fingerprint density at radius 1 is 1.58 bits per heavy atom. The zero-order valence-corrected chi connectivity index (χ0v) is 7.34. The fraction of sp³-hybridized carbons (Fsp3) is 1.00. The molecule has 72 valence electrons. The summed E-state index contributed by atoms with van der Waals surface area (Å²) in [6, 6.07) is 0.414. The first kappa shape index (κ1) is 9.86. The summed E-state index contributed by atoms with van der Waals surface area (Å²) in [5.74, 6) is 0. The number of nitrogens with two attached hydrogens (primary N) is 1. The summed E-state index contributed by atoms with van der Waals surface area (Å²) in [4.78, 5) is 1.81. The minimum absolute atomic E-state index is 0.103. The maximum Gasteiger partial charge on any atom is 0.251 e. The number of halogens is 2. The lowest BCUT2D eigenvalue weighted by atomic mass is 9.99. The Labute approximate surface area is 71.7 Å². The van der Waals surface area contributed by atoms with E-state index in [9.17, 15) is 8.78 Å². The molecule has 0 spiro atoms. The largest absolute Gasteiger partial charge is 0.328 e. The van der Waals surface area contributed by atoms with Gasteiger partial charge in [0, 0.05) is 18.6 Å². The molecule has 2 atom stereocenters. The summed E-state index contributed by atoms with van der Waals surface area (Å²) in [6.07, 6.45) is -0.536. The molecule has 2 nitrogen and oxygen atoms in total. The molecule has 0 aliphatic carbocycles. The van der Waals surface area contributed by atoms with Crippen LogP contribution in [0.4, 0.5) is 8.78 Å². The van der Waals surface area contributed by atoms with Crippen LogP contribution in [0.5, 0.6) is 0 Å². The van der Waals surface area contributed by atoms with Gasteiger partial charge in [0.1, 0.15) is 0 Å². The fourth-order valence-electron chi connectivity index (χ4n) is 1.71. The van der Waals surface area contributed by atoms with Crippen LogP contribution in [0.1, 0.15) is 19.8 Å². The number of piperidine rings is 1. The molecule has 4 heteroatoms. The van der Waals surface area contributed by atoms with Crippen LogP contribution in [0.2, 0.25) is 0 Å². The molecule has 0 amide bonds. The second kappa shape index (κ2) is 4.14. The zero-order chi connectivity index (χ0) is 9.14. The molecule has 1 rings (SSSR count). The van der Waals surface area contributed by atoms with E-state index in [2.05, 4.69) is 0 Å². The number of rotatable bonds is 2. The molecule has 0 radical (unpaired) electrons. The number of hydrogen-bond acceptors (Lipinski definition) is 2. The normalized spacial score (nSPS) is 32.8. The summed E-state index contributed by atoms with van der Waals surface area (Å²) < 4.78 is 24.0. The lowest BCUT2D eigenvalue weighted by Crippen LogP contribution is -2.47. The van der Waals surface area contributed by atoms with Crippen LogP contribution in [0.25, 0.3) is 0 Å². The van der Waals surface area contributed by atoms with Gasteiger partial charge >= 0.3 is 0 Å². The van der Waals surface area contributed by atoms with Gasteiger partial charge in [0.15, 0.2) is 0 Å². The van der Waals surface area contributed by atoms with Gasteiger partial charge in [-0.25, -0.2) is 8.78 Å². The average Bonchev–Trinajstić information content (AvgIpc) is 1.94. The number of hydrogen-bond donors (Lipinski definition) is 1. The lowest BCUT2D eigenvalue weighted by molar-refractivity contribution is 0.0504. The van der Waals surface area contributed by atoms with E-state index in [1.807, 2.05) is 11.8 Å². The molecule has 0 aromatic heterocycles. The van der Waals surface area contributed by atoms with Crippen molar-refractivity contribution >= 4 is 0 Å². The van der Waals surface area contributed by atoms with Gasteiger partial charge in [-0.3, -0.25) is 4.90 Å². The van der Waals surface area contributed by atoms with Crippen molar-refractivity contribution in [2.75, 3.05) is 13.1 Å². The van der Waals surface area contributed by atoms with Gasteiger partial charge < -0.3 is 5.73 Å². The van der Waals surface area contributed by atoms with Gasteiger partial charge in [0.25, 0.3) is 6.43 Å². The van der Waals surface area contributed by atoms with Gasteiger partial charge in [0.2, 0.25) is 0 Å². The third-order valence-corrected chi connectivity index (χ3v) is 2.43. The number of nitrogens with zero attached hydrogens (tertiary/aromatic N) is 1. The molecule has 2 N–H and O–H groups in total. The summed E-state index contributed by atoms with van der Waals surface area (Å²) in [5.41, 5.74) is 5.70. The van der Waals surface area contributed by atoms with Crippen LogP contribution in [0.15, 0.2) is 0 Å². The molecule has 1 heterocycles. The van der Waals surface area contributed by atoms with Crippen molar-refractivity contribution in [1.82, 2.24) is 4.90 Å². The van der Waals surface area contributed by atoms with Gasteiger partial charge in [-0.05, 0) is 19.8 Å². The maximum atomic E-state index is 12.0. The number of likely N-dealkylation sites (tertiary alicyclic amines) is 1. The van der Waals surface area contributed by atoms with Crippen molar-refractivity contribution in [3.05, 3.63) is 0 Å². The van der Waals surface area contributed by atoms with Crippen molar-refractivity contribution in [3.63, 3.8) is 0 Å². The van der Waals surface area contributed by atoms with Crippen LogP contribution >= 0.6 is 0 Å². The highest BCUT2D eigenvalue weighted by atomic mass is 19.3. The predicted molar refractivity (Wildman–Crippen MR) is 44.2 cm³/mol. The minimum atomic E-state index is -2.22. The molecule has 0 aromatic rings. The van der Waals surface area contributed by atoms with E-state index in [0.717, 1.165) is 12.8 Å². The van der Waals surface area contributed by atoms with E-state index in [1.54, 1.807) is 0 Å². The molecule has 1 aliphatic heterocycles. The standard InChI is InChI=1S/C8H16F2N2/c1-6-4-7(11)2-3-12(6)5-8(9)10/h6-8H,2-5,11H2,1H3. The Morgan fingerprint density at radius 2 is 2.25 bits per heavy atom. The second-order valence-electron chi connectivity index (χ2n) is 3.52. The topological polar surface area (TPSA) is 29.3 Å². The van der Waals surface area contributed by atoms with Gasteiger partial charge in [-0.15, -0.1) is 0 Å². The Hall–Kier alpha value is -0.220. The van der Waals surface area contributed by atoms with E-state index in [1.165, 1.54) is 0 Å². The van der Waals surface area contributed by atoms with Gasteiger partial charge in [-0.2, -0.15) is 0 Å². The van der Waals surface area contributed by atoms with Crippen LogP contribution in [-0.2, 0) is 0 Å².